The van der Waals surface area contributed by atoms with Gasteiger partial charge in [0.1, 0.15) is 5.01 Å². The fourth-order valence-electron chi connectivity index (χ4n) is 1.76. The van der Waals surface area contributed by atoms with Gasteiger partial charge in [-0.3, -0.25) is 0 Å². The maximum absolute atomic E-state index is 12.6. The highest BCUT2D eigenvalue weighted by molar-refractivity contribution is 7.13. The van der Waals surface area contributed by atoms with E-state index in [2.05, 4.69) is 25.6 Å². The van der Waals surface area contributed by atoms with Crippen molar-refractivity contribution in [2.45, 2.75) is 26.2 Å². The van der Waals surface area contributed by atoms with E-state index in [9.17, 15) is 13.2 Å². The molecular weight excluding hydrogens is 373 g/mol. The van der Waals surface area contributed by atoms with E-state index >= 15 is 0 Å². The Morgan fingerprint density at radius 1 is 1.20 bits per heavy atom. The van der Waals surface area contributed by atoms with Gasteiger partial charge in [0.25, 0.3) is 0 Å². The molecule has 0 atom stereocenters. The highest BCUT2D eigenvalue weighted by Gasteiger charge is 2.33. The fraction of sp³-hybridized carbons (Fsp3) is 0.500. The number of alkyl halides is 3. The van der Waals surface area contributed by atoms with Gasteiger partial charge in [0, 0.05) is 31.4 Å². The highest BCUT2D eigenvalue weighted by Crippen LogP contribution is 2.29. The maximum atomic E-state index is 12.6. The van der Waals surface area contributed by atoms with Crippen molar-refractivity contribution in [1.82, 2.24) is 20.6 Å². The zero-order valence-electron chi connectivity index (χ0n) is 14.0. The minimum absolute atomic E-state index is 0.173. The van der Waals surface area contributed by atoms with Crippen molar-refractivity contribution in [3.63, 3.8) is 0 Å². The van der Waals surface area contributed by atoms with E-state index in [-0.39, 0.29) is 6.54 Å². The van der Waals surface area contributed by atoms with Crippen LogP contribution in [-0.4, -0.2) is 36.6 Å². The molecule has 0 bridgehead atoms. The van der Waals surface area contributed by atoms with Gasteiger partial charge in [0.15, 0.2) is 16.8 Å². The molecule has 0 spiro atoms. The molecule has 0 radical (unpaired) electrons. The largest absolute Gasteiger partial charge is 0.434 e. The van der Waals surface area contributed by atoms with Crippen LogP contribution in [0.1, 0.15) is 23.3 Å². The van der Waals surface area contributed by atoms with Crippen LogP contribution in [0.15, 0.2) is 15.8 Å². The SMILES string of the molecule is CCNC(=NCc1csc(N(C)C)n1)NCc1nc(C(F)(F)F)cs1. The third-order valence-corrected chi connectivity index (χ3v) is 4.82. The second-order valence-electron chi connectivity index (χ2n) is 5.19. The lowest BCUT2D eigenvalue weighted by Gasteiger charge is -2.09. The number of anilines is 1. The molecule has 0 amide bonds. The van der Waals surface area contributed by atoms with E-state index in [0.717, 1.165) is 27.5 Å². The number of thiazole rings is 2. The Kier molecular flexibility index (Phi) is 6.59. The smallest absolute Gasteiger partial charge is 0.357 e. The minimum Gasteiger partial charge on any atom is -0.357 e. The number of halogens is 3. The average molecular weight is 392 g/mol. The Morgan fingerprint density at radius 2 is 1.96 bits per heavy atom. The lowest BCUT2D eigenvalue weighted by Crippen LogP contribution is -2.36. The summed E-state index contributed by atoms with van der Waals surface area (Å²) in [4.78, 5) is 14.3. The molecule has 2 heterocycles. The van der Waals surface area contributed by atoms with Gasteiger partial charge in [0.05, 0.1) is 18.8 Å². The van der Waals surface area contributed by atoms with Gasteiger partial charge < -0.3 is 15.5 Å². The lowest BCUT2D eigenvalue weighted by atomic mass is 10.5. The molecule has 2 aromatic rings. The van der Waals surface area contributed by atoms with Crippen LogP contribution in [0, 0.1) is 0 Å². The molecule has 0 saturated heterocycles. The van der Waals surface area contributed by atoms with E-state index in [1.807, 2.05) is 31.3 Å². The van der Waals surface area contributed by atoms with Gasteiger partial charge in [-0.25, -0.2) is 15.0 Å². The summed E-state index contributed by atoms with van der Waals surface area (Å²) in [6.45, 7) is 3.10. The second kappa shape index (κ2) is 8.48. The van der Waals surface area contributed by atoms with E-state index in [4.69, 9.17) is 0 Å². The summed E-state index contributed by atoms with van der Waals surface area (Å²) >= 11 is 2.49. The summed E-state index contributed by atoms with van der Waals surface area (Å²) in [6, 6.07) is 0. The van der Waals surface area contributed by atoms with E-state index in [0.29, 0.717) is 24.1 Å². The van der Waals surface area contributed by atoms with Crippen molar-refractivity contribution < 1.29 is 13.2 Å². The van der Waals surface area contributed by atoms with Crippen molar-refractivity contribution in [2.24, 2.45) is 4.99 Å². The fourth-order valence-corrected chi connectivity index (χ4v) is 3.25. The summed E-state index contributed by atoms with van der Waals surface area (Å²) in [7, 11) is 3.83. The zero-order chi connectivity index (χ0) is 18.4. The van der Waals surface area contributed by atoms with Gasteiger partial charge in [-0.15, -0.1) is 22.7 Å². The molecule has 0 fully saturated rings. The molecule has 0 aliphatic rings. The molecule has 2 N–H and O–H groups in total. The first kappa shape index (κ1) is 19.4. The van der Waals surface area contributed by atoms with Crippen molar-refractivity contribution >= 4 is 33.8 Å². The van der Waals surface area contributed by atoms with Crippen LogP contribution in [0.5, 0.6) is 0 Å². The van der Waals surface area contributed by atoms with E-state index in [1.165, 1.54) is 11.3 Å². The normalized spacial score (nSPS) is 12.3. The maximum Gasteiger partial charge on any atom is 0.434 e. The van der Waals surface area contributed by atoms with Gasteiger partial charge in [0.2, 0.25) is 0 Å². The van der Waals surface area contributed by atoms with Crippen LogP contribution in [0.2, 0.25) is 0 Å². The first-order valence-electron chi connectivity index (χ1n) is 7.45. The third kappa shape index (κ3) is 5.85. The monoisotopic (exact) mass is 392 g/mol. The Hall–Kier alpha value is -1.88. The van der Waals surface area contributed by atoms with Crippen molar-refractivity contribution in [1.29, 1.82) is 0 Å². The van der Waals surface area contributed by atoms with Crippen molar-refractivity contribution in [3.05, 3.63) is 27.2 Å². The molecule has 2 rings (SSSR count). The number of hydrogen-bond acceptors (Lipinski definition) is 6. The van der Waals surface area contributed by atoms with Crippen LogP contribution >= 0.6 is 22.7 Å². The van der Waals surface area contributed by atoms with Crippen LogP contribution in [0.3, 0.4) is 0 Å². The van der Waals surface area contributed by atoms with Gasteiger partial charge in [-0.2, -0.15) is 13.2 Å². The summed E-state index contributed by atoms with van der Waals surface area (Å²) in [6.07, 6.45) is -4.41. The first-order valence-corrected chi connectivity index (χ1v) is 9.21. The highest BCUT2D eigenvalue weighted by atomic mass is 32.1. The van der Waals surface area contributed by atoms with Crippen molar-refractivity contribution in [3.8, 4) is 0 Å². The molecule has 11 heteroatoms. The molecule has 25 heavy (non-hydrogen) atoms. The molecule has 138 valence electrons. The quantitative estimate of drug-likeness (QED) is 0.585. The Bertz CT molecular complexity index is 707. The number of aliphatic imine (C=N–C) groups is 1. The number of aromatic nitrogens is 2. The number of nitrogens with one attached hydrogen (secondary N) is 2. The van der Waals surface area contributed by atoms with Gasteiger partial charge in [-0.05, 0) is 6.92 Å². The van der Waals surface area contributed by atoms with Crippen LogP contribution in [0.4, 0.5) is 18.3 Å². The van der Waals surface area contributed by atoms with Crippen LogP contribution in [-0.2, 0) is 19.3 Å². The van der Waals surface area contributed by atoms with Crippen LogP contribution < -0.4 is 15.5 Å². The minimum atomic E-state index is -4.41. The molecule has 6 nitrogen and oxygen atoms in total. The summed E-state index contributed by atoms with van der Waals surface area (Å²) in [5, 5.41) is 10.2. The Labute approximate surface area is 151 Å². The Morgan fingerprint density at radius 3 is 2.52 bits per heavy atom. The topological polar surface area (TPSA) is 65.4 Å². The first-order chi connectivity index (χ1) is 11.8. The second-order valence-corrected chi connectivity index (χ2v) is 6.97. The molecule has 0 aliphatic heterocycles. The van der Waals surface area contributed by atoms with E-state index in [1.54, 1.807) is 0 Å². The lowest BCUT2D eigenvalue weighted by molar-refractivity contribution is -0.140. The third-order valence-electron chi connectivity index (χ3n) is 2.91. The molecule has 0 aromatic carbocycles. The van der Waals surface area contributed by atoms with Gasteiger partial charge in [-0.1, -0.05) is 0 Å². The summed E-state index contributed by atoms with van der Waals surface area (Å²) in [5.41, 5.74) is -0.0329. The number of hydrogen-bond donors (Lipinski definition) is 2. The Balaban J connectivity index is 1.96. The molecule has 0 unspecified atom stereocenters. The van der Waals surface area contributed by atoms with E-state index < -0.39 is 11.9 Å². The summed E-state index contributed by atoms with van der Waals surface area (Å²) in [5.74, 6) is 0.505. The summed E-state index contributed by atoms with van der Waals surface area (Å²) < 4.78 is 37.7. The predicted octanol–water partition coefficient (Wildman–Crippen LogP) is 2.94. The van der Waals surface area contributed by atoms with Crippen LogP contribution in [0.25, 0.3) is 0 Å². The molecule has 0 aliphatic carbocycles. The molecule has 0 saturated carbocycles. The standard InChI is InChI=1S/C14H19F3N6S2/c1-4-18-12(19-5-9-7-25-13(21-9)23(2)3)20-6-11-22-10(8-24-11)14(15,16)17/h7-8H,4-6H2,1-3H3,(H2,18,19,20). The van der Waals surface area contributed by atoms with Gasteiger partial charge >= 0.3 is 6.18 Å². The zero-order valence-corrected chi connectivity index (χ0v) is 15.6. The number of rotatable bonds is 6. The predicted molar refractivity (Wildman–Crippen MR) is 95.2 cm³/mol. The number of guanidine groups is 1. The molecule has 2 aromatic heterocycles. The molecular formula is C14H19F3N6S2. The average Bonchev–Trinajstić information content (AvgIpc) is 3.18. The van der Waals surface area contributed by atoms with Crippen molar-refractivity contribution in [2.75, 3.05) is 25.5 Å². The number of nitrogens with zero attached hydrogens (tertiary/aromatic N) is 4.